The molecule has 204 valence electrons. The van der Waals surface area contributed by atoms with E-state index in [-0.39, 0.29) is 17.0 Å². The summed E-state index contributed by atoms with van der Waals surface area (Å²) in [5, 5.41) is 0.984. The van der Waals surface area contributed by atoms with Crippen LogP contribution in [0.2, 0.25) is 0 Å². The van der Waals surface area contributed by atoms with Crippen molar-refractivity contribution in [2.24, 2.45) is 4.99 Å². The topological polar surface area (TPSA) is 34.1 Å². The van der Waals surface area contributed by atoms with E-state index in [0.717, 1.165) is 41.2 Å². The van der Waals surface area contributed by atoms with Gasteiger partial charge in [-0.2, -0.15) is 0 Å². The van der Waals surface area contributed by atoms with Crippen molar-refractivity contribution in [3.63, 3.8) is 0 Å². The van der Waals surface area contributed by atoms with Crippen LogP contribution in [-0.4, -0.2) is 24.3 Å². The number of rotatable bonds is 10. The van der Waals surface area contributed by atoms with Crippen LogP contribution in [0.5, 0.6) is 11.5 Å². The summed E-state index contributed by atoms with van der Waals surface area (Å²) in [6.45, 7) is 5.87. The van der Waals surface area contributed by atoms with Gasteiger partial charge in [-0.25, -0.2) is 4.99 Å². The van der Waals surface area contributed by atoms with Crippen molar-refractivity contribution in [3.05, 3.63) is 125 Å². The van der Waals surface area contributed by atoms with Crippen molar-refractivity contribution in [2.75, 3.05) is 14.2 Å². The molecule has 4 aromatic carbocycles. The van der Waals surface area contributed by atoms with Gasteiger partial charge in [0.1, 0.15) is 11.5 Å². The maximum atomic E-state index is 5.38. The fourth-order valence-corrected chi connectivity index (χ4v) is 5.02. The molecule has 0 aliphatic carbocycles. The third-order valence-electron chi connectivity index (χ3n) is 6.33. The Morgan fingerprint density at radius 2 is 1.21 bits per heavy atom. The highest BCUT2D eigenvalue weighted by Gasteiger charge is 2.16. The summed E-state index contributed by atoms with van der Waals surface area (Å²) in [7, 11) is 3.39. The Balaban J connectivity index is 0.00000420. The zero-order chi connectivity index (χ0) is 26.7. The Bertz CT molecular complexity index is 1240. The highest BCUT2D eigenvalue weighted by molar-refractivity contribution is 8.93. The molecule has 0 spiro atoms. The van der Waals surface area contributed by atoms with Crippen LogP contribution in [0.3, 0.4) is 0 Å². The van der Waals surface area contributed by atoms with Crippen LogP contribution in [0.15, 0.2) is 108 Å². The Hall–Kier alpha value is -3.22. The smallest absolute Gasteiger partial charge is 0.165 e. The SMILES string of the molecule is Br.COc1ccc(CN(Cc2ccc(OC)cc2)C(=Nc2ccc(C(C)C)cc2)SCc2ccccc2)cc1. The number of amidine groups is 1. The third kappa shape index (κ3) is 9.19. The van der Waals surface area contributed by atoms with E-state index in [2.05, 4.69) is 97.6 Å². The number of hydrogen-bond donors (Lipinski definition) is 0. The molecular weight excluding hydrogens is 568 g/mol. The van der Waals surface area contributed by atoms with Crippen LogP contribution in [0, 0.1) is 0 Å². The zero-order valence-corrected chi connectivity index (χ0v) is 25.6. The summed E-state index contributed by atoms with van der Waals surface area (Å²) < 4.78 is 10.8. The number of benzene rings is 4. The molecule has 0 amide bonds. The molecule has 4 aromatic rings. The van der Waals surface area contributed by atoms with Crippen LogP contribution < -0.4 is 9.47 Å². The molecule has 0 saturated heterocycles. The van der Waals surface area contributed by atoms with E-state index in [1.165, 1.54) is 22.3 Å². The molecule has 0 aromatic heterocycles. The molecule has 0 heterocycles. The molecular formula is C33H37BrN2O2S. The number of nitrogens with zero attached hydrogens (tertiary/aromatic N) is 2. The summed E-state index contributed by atoms with van der Waals surface area (Å²) in [6, 6.07) is 35.7. The molecule has 0 aliphatic rings. The van der Waals surface area contributed by atoms with Gasteiger partial charge in [-0.05, 0) is 64.6 Å². The Morgan fingerprint density at radius 3 is 1.67 bits per heavy atom. The van der Waals surface area contributed by atoms with Gasteiger partial charge in [0.15, 0.2) is 5.17 Å². The van der Waals surface area contributed by atoms with E-state index < -0.39 is 0 Å². The summed E-state index contributed by atoms with van der Waals surface area (Å²) in [6.07, 6.45) is 0. The maximum Gasteiger partial charge on any atom is 0.165 e. The molecule has 0 radical (unpaired) electrons. The normalized spacial score (nSPS) is 11.2. The third-order valence-corrected chi connectivity index (χ3v) is 7.42. The maximum absolute atomic E-state index is 5.38. The van der Waals surface area contributed by atoms with Gasteiger partial charge in [-0.1, -0.05) is 92.3 Å². The number of methoxy groups -OCH3 is 2. The van der Waals surface area contributed by atoms with Crippen molar-refractivity contribution >= 4 is 39.6 Å². The first-order valence-electron chi connectivity index (χ1n) is 12.9. The van der Waals surface area contributed by atoms with E-state index in [9.17, 15) is 0 Å². The van der Waals surface area contributed by atoms with E-state index in [0.29, 0.717) is 5.92 Å². The van der Waals surface area contributed by atoms with E-state index in [1.807, 2.05) is 24.3 Å². The molecule has 6 heteroatoms. The fourth-order valence-electron chi connectivity index (χ4n) is 4.05. The number of thioether (sulfide) groups is 1. The van der Waals surface area contributed by atoms with Crippen molar-refractivity contribution < 1.29 is 9.47 Å². The first-order chi connectivity index (χ1) is 18.5. The average molecular weight is 606 g/mol. The number of ether oxygens (including phenoxy) is 2. The minimum Gasteiger partial charge on any atom is -0.497 e. The van der Waals surface area contributed by atoms with Crippen molar-refractivity contribution in [3.8, 4) is 11.5 Å². The van der Waals surface area contributed by atoms with Gasteiger partial charge in [-0.3, -0.25) is 0 Å². The van der Waals surface area contributed by atoms with Gasteiger partial charge >= 0.3 is 0 Å². The van der Waals surface area contributed by atoms with E-state index in [4.69, 9.17) is 14.5 Å². The zero-order valence-electron chi connectivity index (χ0n) is 23.0. The number of hydrogen-bond acceptors (Lipinski definition) is 4. The molecule has 0 bridgehead atoms. The molecule has 0 N–H and O–H groups in total. The molecule has 0 aliphatic heterocycles. The molecule has 0 fully saturated rings. The second-order valence-corrected chi connectivity index (χ2v) is 10.4. The van der Waals surface area contributed by atoms with Gasteiger partial charge in [0, 0.05) is 18.8 Å². The second-order valence-electron chi connectivity index (χ2n) is 9.47. The van der Waals surface area contributed by atoms with Crippen LogP contribution in [-0.2, 0) is 18.8 Å². The van der Waals surface area contributed by atoms with Gasteiger partial charge in [0.25, 0.3) is 0 Å². The monoisotopic (exact) mass is 604 g/mol. The predicted octanol–water partition coefficient (Wildman–Crippen LogP) is 9.03. The van der Waals surface area contributed by atoms with Crippen LogP contribution >= 0.6 is 28.7 Å². The number of halogens is 1. The van der Waals surface area contributed by atoms with Crippen molar-refractivity contribution in [1.82, 2.24) is 4.90 Å². The lowest BCUT2D eigenvalue weighted by molar-refractivity contribution is 0.405. The highest BCUT2D eigenvalue weighted by atomic mass is 79.9. The molecule has 39 heavy (non-hydrogen) atoms. The molecule has 0 atom stereocenters. The summed E-state index contributed by atoms with van der Waals surface area (Å²) >= 11 is 1.77. The lowest BCUT2D eigenvalue weighted by Gasteiger charge is -2.26. The highest BCUT2D eigenvalue weighted by Crippen LogP contribution is 2.26. The summed E-state index contributed by atoms with van der Waals surface area (Å²) in [4.78, 5) is 7.55. The first kappa shape index (κ1) is 30.3. The average Bonchev–Trinajstić information content (AvgIpc) is 2.96. The largest absolute Gasteiger partial charge is 0.497 e. The molecule has 0 unspecified atom stereocenters. The minimum atomic E-state index is 0. The molecule has 0 saturated carbocycles. The van der Waals surface area contributed by atoms with Crippen LogP contribution in [0.1, 0.15) is 42.0 Å². The van der Waals surface area contributed by atoms with Crippen molar-refractivity contribution in [1.29, 1.82) is 0 Å². The van der Waals surface area contributed by atoms with E-state index >= 15 is 0 Å². The summed E-state index contributed by atoms with van der Waals surface area (Å²) in [5.74, 6) is 3.04. The molecule has 4 nitrogen and oxygen atoms in total. The van der Waals surface area contributed by atoms with Gasteiger partial charge in [0.2, 0.25) is 0 Å². The van der Waals surface area contributed by atoms with E-state index in [1.54, 1.807) is 26.0 Å². The second kappa shape index (κ2) is 15.4. The predicted molar refractivity (Wildman–Crippen MR) is 171 cm³/mol. The van der Waals surface area contributed by atoms with Gasteiger partial charge in [0.05, 0.1) is 19.9 Å². The minimum absolute atomic E-state index is 0. The Kier molecular flexibility index (Phi) is 12.0. The molecule has 4 rings (SSSR count). The standard InChI is InChI=1S/C33H36N2O2S.BrH/c1-25(2)29-14-16-30(17-15-29)34-33(38-24-28-8-6-5-7-9-28)35(22-26-10-18-31(36-3)19-11-26)23-27-12-20-32(37-4)21-13-27;/h5-21,25H,22-24H2,1-4H3;1H. The Morgan fingerprint density at radius 1 is 0.692 bits per heavy atom. The van der Waals surface area contributed by atoms with Gasteiger partial charge < -0.3 is 14.4 Å². The first-order valence-corrected chi connectivity index (χ1v) is 13.9. The fraction of sp³-hybridized carbons (Fsp3) is 0.242. The van der Waals surface area contributed by atoms with Crippen LogP contribution in [0.25, 0.3) is 0 Å². The lowest BCUT2D eigenvalue weighted by atomic mass is 10.0. The van der Waals surface area contributed by atoms with Gasteiger partial charge in [-0.15, -0.1) is 17.0 Å². The lowest BCUT2D eigenvalue weighted by Crippen LogP contribution is -2.28. The quantitative estimate of drug-likeness (QED) is 0.133. The summed E-state index contributed by atoms with van der Waals surface area (Å²) in [5.41, 5.74) is 5.94. The van der Waals surface area contributed by atoms with Crippen LogP contribution in [0.4, 0.5) is 5.69 Å². The Labute approximate surface area is 247 Å². The van der Waals surface area contributed by atoms with Crippen molar-refractivity contribution in [2.45, 2.75) is 38.6 Å². The number of aliphatic imine (C=N–C) groups is 1.